The number of nitrogens with two attached hydrogens (primary N) is 1. The standard InChI is InChI=1S/C12H18N4O4/c1-8(7-20-3)15(2)12(17)9-4-5-10(14-13)11(6-9)16(18)19/h4-6,8,14H,7,13H2,1-3H3. The molecule has 1 atom stereocenters. The highest BCUT2D eigenvalue weighted by atomic mass is 16.6. The van der Waals surface area contributed by atoms with Gasteiger partial charge < -0.3 is 15.1 Å². The minimum atomic E-state index is -0.593. The van der Waals surface area contributed by atoms with Gasteiger partial charge in [-0.15, -0.1) is 0 Å². The Bertz CT molecular complexity index is 506. The molecule has 0 aromatic heterocycles. The lowest BCUT2D eigenvalue weighted by Gasteiger charge is -2.24. The fourth-order valence-corrected chi connectivity index (χ4v) is 1.69. The van der Waals surface area contributed by atoms with Gasteiger partial charge in [-0.05, 0) is 19.1 Å². The largest absolute Gasteiger partial charge is 0.383 e. The highest BCUT2D eigenvalue weighted by molar-refractivity contribution is 5.95. The molecule has 1 aromatic carbocycles. The smallest absolute Gasteiger partial charge is 0.294 e. The third-order valence-corrected chi connectivity index (χ3v) is 2.99. The van der Waals surface area contributed by atoms with Crippen molar-refractivity contribution in [2.45, 2.75) is 13.0 Å². The topological polar surface area (TPSA) is 111 Å². The molecule has 0 aliphatic rings. The molecule has 8 heteroatoms. The quantitative estimate of drug-likeness (QED) is 0.457. The molecule has 1 aromatic rings. The minimum absolute atomic E-state index is 0.140. The van der Waals surface area contributed by atoms with Gasteiger partial charge in [0.15, 0.2) is 0 Å². The van der Waals surface area contributed by atoms with Crippen LogP contribution < -0.4 is 11.3 Å². The van der Waals surface area contributed by atoms with Crippen LogP contribution in [0.4, 0.5) is 11.4 Å². The van der Waals surface area contributed by atoms with E-state index in [9.17, 15) is 14.9 Å². The third kappa shape index (κ3) is 3.43. The number of nitrogens with zero attached hydrogens (tertiary/aromatic N) is 2. The first kappa shape index (κ1) is 15.9. The fourth-order valence-electron chi connectivity index (χ4n) is 1.69. The monoisotopic (exact) mass is 282 g/mol. The first-order valence-electron chi connectivity index (χ1n) is 5.93. The van der Waals surface area contributed by atoms with Crippen LogP contribution in [0, 0.1) is 10.1 Å². The zero-order valence-corrected chi connectivity index (χ0v) is 11.6. The van der Waals surface area contributed by atoms with Crippen LogP contribution in [0.5, 0.6) is 0 Å². The number of amides is 1. The van der Waals surface area contributed by atoms with Gasteiger partial charge in [-0.1, -0.05) is 0 Å². The number of ether oxygens (including phenoxy) is 1. The number of hydrogen-bond donors (Lipinski definition) is 2. The van der Waals surface area contributed by atoms with Gasteiger partial charge >= 0.3 is 0 Å². The number of nitro benzene ring substituents is 1. The summed E-state index contributed by atoms with van der Waals surface area (Å²) < 4.78 is 4.98. The van der Waals surface area contributed by atoms with Crippen molar-refractivity contribution in [3.8, 4) is 0 Å². The van der Waals surface area contributed by atoms with Gasteiger partial charge in [0.2, 0.25) is 0 Å². The number of nitrogens with one attached hydrogen (secondary N) is 1. The van der Waals surface area contributed by atoms with E-state index < -0.39 is 4.92 Å². The molecule has 0 aliphatic heterocycles. The van der Waals surface area contributed by atoms with Crippen molar-refractivity contribution in [2.75, 3.05) is 26.2 Å². The summed E-state index contributed by atoms with van der Waals surface area (Å²) in [5.74, 6) is 4.88. The van der Waals surface area contributed by atoms with Crippen LogP contribution in [-0.4, -0.2) is 42.5 Å². The van der Waals surface area contributed by atoms with E-state index in [1.807, 2.05) is 6.92 Å². The molecule has 8 nitrogen and oxygen atoms in total. The summed E-state index contributed by atoms with van der Waals surface area (Å²) in [6, 6.07) is 3.95. The minimum Gasteiger partial charge on any atom is -0.383 e. The summed E-state index contributed by atoms with van der Waals surface area (Å²) in [4.78, 5) is 24.0. The highest BCUT2D eigenvalue weighted by Gasteiger charge is 2.21. The highest BCUT2D eigenvalue weighted by Crippen LogP contribution is 2.25. The molecule has 1 rings (SSSR count). The number of hydrogen-bond acceptors (Lipinski definition) is 6. The van der Waals surface area contributed by atoms with Gasteiger partial charge in [0.05, 0.1) is 17.6 Å². The number of anilines is 1. The summed E-state index contributed by atoms with van der Waals surface area (Å²) in [6.07, 6.45) is 0. The van der Waals surface area contributed by atoms with Crippen molar-refractivity contribution in [2.24, 2.45) is 5.84 Å². The van der Waals surface area contributed by atoms with E-state index in [2.05, 4.69) is 5.43 Å². The Morgan fingerprint density at radius 2 is 2.25 bits per heavy atom. The third-order valence-electron chi connectivity index (χ3n) is 2.99. The van der Waals surface area contributed by atoms with Crippen LogP contribution in [0.1, 0.15) is 17.3 Å². The van der Waals surface area contributed by atoms with Gasteiger partial charge in [0.25, 0.3) is 11.6 Å². The van der Waals surface area contributed by atoms with Gasteiger partial charge in [0.1, 0.15) is 5.69 Å². The van der Waals surface area contributed by atoms with E-state index in [0.717, 1.165) is 0 Å². The summed E-state index contributed by atoms with van der Waals surface area (Å²) in [6.45, 7) is 2.21. The van der Waals surface area contributed by atoms with E-state index >= 15 is 0 Å². The Morgan fingerprint density at radius 1 is 1.60 bits per heavy atom. The predicted molar refractivity (Wildman–Crippen MR) is 74.3 cm³/mol. The first-order valence-corrected chi connectivity index (χ1v) is 5.93. The van der Waals surface area contributed by atoms with Crippen molar-refractivity contribution >= 4 is 17.3 Å². The molecule has 0 radical (unpaired) electrons. The summed E-state index contributed by atoms with van der Waals surface area (Å²) >= 11 is 0. The number of nitrogen functional groups attached to an aromatic ring is 1. The van der Waals surface area contributed by atoms with Crippen molar-refractivity contribution in [1.82, 2.24) is 4.90 Å². The Balaban J connectivity index is 3.05. The van der Waals surface area contributed by atoms with E-state index in [0.29, 0.717) is 6.61 Å². The maximum Gasteiger partial charge on any atom is 0.294 e. The lowest BCUT2D eigenvalue weighted by Crippen LogP contribution is -2.37. The molecule has 0 aliphatic carbocycles. The molecular formula is C12H18N4O4. The molecule has 1 unspecified atom stereocenters. The molecular weight excluding hydrogens is 264 g/mol. The summed E-state index contributed by atoms with van der Waals surface area (Å²) in [7, 11) is 3.16. The van der Waals surface area contributed by atoms with Crippen molar-refractivity contribution in [1.29, 1.82) is 0 Å². The zero-order chi connectivity index (χ0) is 15.3. The second-order valence-electron chi connectivity index (χ2n) is 4.35. The normalized spacial score (nSPS) is 11.8. The maximum atomic E-state index is 12.2. The van der Waals surface area contributed by atoms with Crippen LogP contribution in [0.3, 0.4) is 0 Å². The Hall–Kier alpha value is -2.19. The van der Waals surface area contributed by atoms with Gasteiger partial charge in [-0.2, -0.15) is 0 Å². The number of rotatable bonds is 6. The van der Waals surface area contributed by atoms with Crippen LogP contribution >= 0.6 is 0 Å². The molecule has 20 heavy (non-hydrogen) atoms. The number of carbonyl (C=O) groups is 1. The molecule has 1 amide bonds. The average Bonchev–Trinajstić information content (AvgIpc) is 2.45. The SMILES string of the molecule is COCC(C)N(C)C(=O)c1ccc(NN)c([N+](=O)[O-])c1. The summed E-state index contributed by atoms with van der Waals surface area (Å²) in [5, 5.41) is 10.9. The van der Waals surface area contributed by atoms with E-state index in [1.54, 1.807) is 14.2 Å². The Morgan fingerprint density at radius 3 is 2.75 bits per heavy atom. The van der Waals surface area contributed by atoms with E-state index in [-0.39, 0.29) is 28.9 Å². The summed E-state index contributed by atoms with van der Waals surface area (Å²) in [5.41, 5.74) is 2.36. The van der Waals surface area contributed by atoms with Gasteiger partial charge in [-0.3, -0.25) is 20.8 Å². The number of hydrazine groups is 1. The molecule has 3 N–H and O–H groups in total. The van der Waals surface area contributed by atoms with Crippen LogP contribution in [0.2, 0.25) is 0 Å². The predicted octanol–water partition coefficient (Wildman–Crippen LogP) is 0.987. The Labute approximate surface area is 116 Å². The lowest BCUT2D eigenvalue weighted by molar-refractivity contribution is -0.384. The zero-order valence-electron chi connectivity index (χ0n) is 11.6. The number of nitro groups is 1. The van der Waals surface area contributed by atoms with Gasteiger partial charge in [0, 0.05) is 25.8 Å². The van der Waals surface area contributed by atoms with Crippen molar-refractivity contribution < 1.29 is 14.5 Å². The van der Waals surface area contributed by atoms with Gasteiger partial charge in [-0.25, -0.2) is 0 Å². The second-order valence-corrected chi connectivity index (χ2v) is 4.35. The number of methoxy groups -OCH3 is 1. The molecule has 110 valence electrons. The molecule has 0 bridgehead atoms. The molecule has 0 heterocycles. The van der Waals surface area contributed by atoms with Crippen molar-refractivity contribution in [3.63, 3.8) is 0 Å². The molecule has 0 saturated carbocycles. The fraction of sp³-hybridized carbons (Fsp3) is 0.417. The first-order chi connectivity index (χ1) is 9.42. The average molecular weight is 282 g/mol. The number of likely N-dealkylation sites (N-methyl/N-ethyl adjacent to an activating group) is 1. The Kier molecular flexibility index (Phi) is 5.42. The van der Waals surface area contributed by atoms with Crippen LogP contribution in [-0.2, 0) is 4.74 Å². The maximum absolute atomic E-state index is 12.2. The number of benzene rings is 1. The molecule has 0 fully saturated rings. The molecule has 0 saturated heterocycles. The number of carbonyl (C=O) groups excluding carboxylic acids is 1. The molecule has 0 spiro atoms. The second kappa shape index (κ2) is 6.83. The lowest BCUT2D eigenvalue weighted by atomic mass is 10.1. The van der Waals surface area contributed by atoms with Crippen molar-refractivity contribution in [3.05, 3.63) is 33.9 Å². The van der Waals surface area contributed by atoms with Crippen LogP contribution in [0.15, 0.2) is 18.2 Å². The van der Waals surface area contributed by atoms with E-state index in [1.165, 1.54) is 23.1 Å². The van der Waals surface area contributed by atoms with E-state index in [4.69, 9.17) is 10.6 Å². The van der Waals surface area contributed by atoms with Crippen LogP contribution in [0.25, 0.3) is 0 Å².